The molecule has 2 N–H and O–H groups in total. The molecule has 5 heteroatoms. The first-order chi connectivity index (χ1) is 7.28. The second-order valence-electron chi connectivity index (χ2n) is 3.03. The molecule has 0 radical (unpaired) electrons. The Hall–Kier alpha value is -0.910. The van der Waals surface area contributed by atoms with E-state index in [0.29, 0.717) is 6.54 Å². The number of nitrogens with two attached hydrogens (primary N) is 1. The number of nitrogens with zero attached hydrogens (tertiary/aromatic N) is 2. The molecule has 3 nitrogen and oxygen atoms in total. The summed E-state index contributed by atoms with van der Waals surface area (Å²) in [5, 5.41) is 2.99. The number of pyridine rings is 1. The summed E-state index contributed by atoms with van der Waals surface area (Å²) >= 11 is 3.22. The molecular formula is C10H11N3S2. The van der Waals surface area contributed by atoms with Crippen molar-refractivity contribution in [3.63, 3.8) is 0 Å². The Morgan fingerprint density at radius 1 is 1.40 bits per heavy atom. The molecule has 0 aromatic carbocycles. The van der Waals surface area contributed by atoms with Crippen molar-refractivity contribution in [3.8, 4) is 0 Å². The van der Waals surface area contributed by atoms with Crippen molar-refractivity contribution in [2.45, 2.75) is 22.8 Å². The zero-order valence-corrected chi connectivity index (χ0v) is 9.94. The molecule has 0 unspecified atom stereocenters. The predicted molar refractivity (Wildman–Crippen MR) is 63.1 cm³/mol. The van der Waals surface area contributed by atoms with Gasteiger partial charge in [-0.15, -0.1) is 11.3 Å². The maximum atomic E-state index is 5.53. The predicted octanol–water partition coefficient (Wildman–Crippen LogP) is 2.46. The van der Waals surface area contributed by atoms with Crippen molar-refractivity contribution >= 4 is 23.1 Å². The maximum absolute atomic E-state index is 5.53. The second-order valence-corrected chi connectivity index (χ2v) is 5.15. The molecule has 2 aromatic heterocycles. The first-order valence-corrected chi connectivity index (χ1v) is 6.23. The zero-order chi connectivity index (χ0) is 10.7. The molecule has 0 spiro atoms. The Labute approximate surface area is 96.8 Å². The summed E-state index contributed by atoms with van der Waals surface area (Å²) in [5.41, 5.74) is 7.50. The molecule has 0 bridgehead atoms. The standard InChI is InChI=1S/C10H11N3S2/c1-7-6-14-10(12-7)15-9-4-2-3-8(5-11)13-9/h2-4,6H,5,11H2,1H3. The highest BCUT2D eigenvalue weighted by atomic mass is 32.2. The fourth-order valence-corrected chi connectivity index (χ4v) is 2.89. The number of thiazole rings is 1. The SMILES string of the molecule is Cc1csc(Sc2cccc(CN)n2)n1. The summed E-state index contributed by atoms with van der Waals surface area (Å²) in [6, 6.07) is 5.87. The number of aromatic nitrogens is 2. The summed E-state index contributed by atoms with van der Waals surface area (Å²) in [7, 11) is 0. The molecule has 0 aliphatic carbocycles. The van der Waals surface area contributed by atoms with Crippen LogP contribution < -0.4 is 5.73 Å². The third kappa shape index (κ3) is 2.77. The monoisotopic (exact) mass is 237 g/mol. The van der Waals surface area contributed by atoms with Crippen LogP contribution in [0.1, 0.15) is 11.4 Å². The summed E-state index contributed by atoms with van der Waals surface area (Å²) in [5.74, 6) is 0. The average molecular weight is 237 g/mol. The van der Waals surface area contributed by atoms with Crippen LogP contribution in [-0.2, 0) is 6.54 Å². The third-order valence-electron chi connectivity index (χ3n) is 1.78. The van der Waals surface area contributed by atoms with Crippen LogP contribution in [-0.4, -0.2) is 9.97 Å². The van der Waals surface area contributed by atoms with Crippen LogP contribution in [0.5, 0.6) is 0 Å². The molecule has 2 aromatic rings. The first-order valence-electron chi connectivity index (χ1n) is 4.54. The van der Waals surface area contributed by atoms with Crippen molar-refractivity contribution in [3.05, 3.63) is 35.0 Å². The molecule has 0 atom stereocenters. The topological polar surface area (TPSA) is 51.8 Å². The molecule has 0 saturated heterocycles. The van der Waals surface area contributed by atoms with Gasteiger partial charge in [0.15, 0.2) is 4.34 Å². The molecule has 2 heterocycles. The van der Waals surface area contributed by atoms with Crippen molar-refractivity contribution in [2.75, 3.05) is 0 Å². The van der Waals surface area contributed by atoms with Gasteiger partial charge in [-0.1, -0.05) is 6.07 Å². The lowest BCUT2D eigenvalue weighted by Crippen LogP contribution is -1.99. The van der Waals surface area contributed by atoms with Gasteiger partial charge in [0.05, 0.1) is 5.69 Å². The quantitative estimate of drug-likeness (QED) is 0.891. The molecule has 78 valence electrons. The lowest BCUT2D eigenvalue weighted by molar-refractivity contribution is 0.941. The Kier molecular flexibility index (Phi) is 3.35. The van der Waals surface area contributed by atoms with E-state index in [-0.39, 0.29) is 0 Å². The fraction of sp³-hybridized carbons (Fsp3) is 0.200. The zero-order valence-electron chi connectivity index (χ0n) is 8.30. The summed E-state index contributed by atoms with van der Waals surface area (Å²) in [6.45, 7) is 2.47. The van der Waals surface area contributed by atoms with Gasteiger partial charge in [-0.25, -0.2) is 9.97 Å². The number of aryl methyl sites for hydroxylation is 1. The van der Waals surface area contributed by atoms with Crippen LogP contribution in [0.15, 0.2) is 32.9 Å². The Bertz CT molecular complexity index is 453. The maximum Gasteiger partial charge on any atom is 0.156 e. The van der Waals surface area contributed by atoms with Crippen LogP contribution >= 0.6 is 23.1 Å². The lowest BCUT2D eigenvalue weighted by Gasteiger charge is -1.99. The van der Waals surface area contributed by atoms with Crippen LogP contribution in [0.2, 0.25) is 0 Å². The minimum absolute atomic E-state index is 0.477. The van der Waals surface area contributed by atoms with Crippen molar-refractivity contribution in [1.29, 1.82) is 0 Å². The van der Waals surface area contributed by atoms with Crippen molar-refractivity contribution in [2.24, 2.45) is 5.73 Å². The molecule has 0 aliphatic rings. The fourth-order valence-electron chi connectivity index (χ4n) is 1.10. The number of rotatable bonds is 3. The van der Waals surface area contributed by atoms with Gasteiger partial charge in [0.25, 0.3) is 0 Å². The molecule has 0 aliphatic heterocycles. The van der Waals surface area contributed by atoms with Gasteiger partial charge >= 0.3 is 0 Å². The second kappa shape index (κ2) is 4.74. The molecule has 15 heavy (non-hydrogen) atoms. The van der Waals surface area contributed by atoms with Gasteiger partial charge in [0.2, 0.25) is 0 Å². The Morgan fingerprint density at radius 2 is 2.27 bits per heavy atom. The minimum Gasteiger partial charge on any atom is -0.325 e. The van der Waals surface area contributed by atoms with E-state index in [1.165, 1.54) is 0 Å². The van der Waals surface area contributed by atoms with E-state index >= 15 is 0 Å². The van der Waals surface area contributed by atoms with Crippen LogP contribution in [0.25, 0.3) is 0 Å². The van der Waals surface area contributed by atoms with Gasteiger partial charge in [0.1, 0.15) is 5.03 Å². The molecule has 0 amide bonds. The number of hydrogen-bond donors (Lipinski definition) is 1. The van der Waals surface area contributed by atoms with E-state index in [2.05, 4.69) is 9.97 Å². The highest BCUT2D eigenvalue weighted by Gasteiger charge is 2.03. The van der Waals surface area contributed by atoms with Crippen molar-refractivity contribution < 1.29 is 0 Å². The Morgan fingerprint density at radius 3 is 2.93 bits per heavy atom. The van der Waals surface area contributed by atoms with E-state index in [1.807, 2.05) is 30.5 Å². The van der Waals surface area contributed by atoms with Gasteiger partial charge in [-0.05, 0) is 30.8 Å². The van der Waals surface area contributed by atoms with Crippen LogP contribution in [0.3, 0.4) is 0 Å². The summed E-state index contributed by atoms with van der Waals surface area (Å²) in [4.78, 5) is 8.77. The van der Waals surface area contributed by atoms with E-state index < -0.39 is 0 Å². The van der Waals surface area contributed by atoms with E-state index in [4.69, 9.17) is 5.73 Å². The third-order valence-corrected chi connectivity index (χ3v) is 3.77. The normalized spacial score (nSPS) is 10.5. The van der Waals surface area contributed by atoms with Crippen molar-refractivity contribution in [1.82, 2.24) is 9.97 Å². The van der Waals surface area contributed by atoms with Gasteiger partial charge in [-0.2, -0.15) is 0 Å². The number of hydrogen-bond acceptors (Lipinski definition) is 5. The van der Waals surface area contributed by atoms with Gasteiger partial charge in [0, 0.05) is 17.6 Å². The summed E-state index contributed by atoms with van der Waals surface area (Å²) < 4.78 is 1.02. The lowest BCUT2D eigenvalue weighted by atomic mass is 10.4. The Balaban J connectivity index is 2.16. The van der Waals surface area contributed by atoms with E-state index in [1.54, 1.807) is 23.1 Å². The highest BCUT2D eigenvalue weighted by Crippen LogP contribution is 2.28. The molecule has 0 saturated carbocycles. The van der Waals surface area contributed by atoms with E-state index in [9.17, 15) is 0 Å². The molecule has 0 fully saturated rings. The summed E-state index contributed by atoms with van der Waals surface area (Å²) in [6.07, 6.45) is 0. The molecule has 2 rings (SSSR count). The van der Waals surface area contributed by atoms with E-state index in [0.717, 1.165) is 20.8 Å². The minimum atomic E-state index is 0.477. The highest BCUT2D eigenvalue weighted by molar-refractivity contribution is 8.01. The van der Waals surface area contributed by atoms with Crippen LogP contribution in [0.4, 0.5) is 0 Å². The average Bonchev–Trinajstić information content (AvgIpc) is 2.64. The smallest absolute Gasteiger partial charge is 0.156 e. The van der Waals surface area contributed by atoms with Gasteiger partial charge < -0.3 is 5.73 Å². The molecular weight excluding hydrogens is 226 g/mol. The van der Waals surface area contributed by atoms with Gasteiger partial charge in [-0.3, -0.25) is 0 Å². The van der Waals surface area contributed by atoms with Crippen LogP contribution in [0, 0.1) is 6.92 Å². The first kappa shape index (κ1) is 10.6. The largest absolute Gasteiger partial charge is 0.325 e.